The van der Waals surface area contributed by atoms with Crippen molar-refractivity contribution in [2.75, 3.05) is 13.2 Å². The molecule has 1 unspecified atom stereocenters. The van der Waals surface area contributed by atoms with Gasteiger partial charge in [-0.05, 0) is 64.2 Å². The minimum atomic E-state index is -0.777. The van der Waals surface area contributed by atoms with Crippen molar-refractivity contribution in [1.29, 1.82) is 0 Å². The number of rotatable bonds is 50. The van der Waals surface area contributed by atoms with E-state index in [1.165, 1.54) is 122 Å². The van der Waals surface area contributed by atoms with Crippen LogP contribution in [0, 0.1) is 0 Å². The van der Waals surface area contributed by atoms with Crippen LogP contribution in [-0.2, 0) is 28.6 Å². The first-order valence-corrected chi connectivity index (χ1v) is 27.8. The van der Waals surface area contributed by atoms with E-state index in [9.17, 15) is 14.4 Å². The zero-order valence-electron chi connectivity index (χ0n) is 43.0. The molecule has 0 aromatic carbocycles. The molecule has 65 heavy (non-hydrogen) atoms. The second-order valence-electron chi connectivity index (χ2n) is 18.5. The summed E-state index contributed by atoms with van der Waals surface area (Å²) >= 11 is 0. The fraction of sp³-hybridized carbons (Fsp3) is 0.780. The molecule has 6 nitrogen and oxygen atoms in total. The predicted molar refractivity (Wildman–Crippen MR) is 279 cm³/mol. The molecule has 376 valence electrons. The normalized spacial score (nSPS) is 12.5. The summed E-state index contributed by atoms with van der Waals surface area (Å²) in [5, 5.41) is 0. The van der Waals surface area contributed by atoms with Crippen molar-refractivity contribution in [3.05, 3.63) is 60.8 Å². The smallest absolute Gasteiger partial charge is 0.306 e. The minimum absolute atomic E-state index is 0.0794. The van der Waals surface area contributed by atoms with E-state index in [2.05, 4.69) is 81.5 Å². The molecule has 0 radical (unpaired) electrons. The summed E-state index contributed by atoms with van der Waals surface area (Å²) in [6.45, 7) is 6.45. The van der Waals surface area contributed by atoms with Crippen LogP contribution in [0.4, 0.5) is 0 Å². The fourth-order valence-corrected chi connectivity index (χ4v) is 7.88. The highest BCUT2D eigenvalue weighted by atomic mass is 16.6. The van der Waals surface area contributed by atoms with Crippen molar-refractivity contribution in [2.24, 2.45) is 0 Å². The first-order chi connectivity index (χ1) is 32.0. The molecule has 1 atom stereocenters. The molecule has 0 aliphatic rings. The van der Waals surface area contributed by atoms with Crippen molar-refractivity contribution in [2.45, 2.75) is 284 Å². The van der Waals surface area contributed by atoms with E-state index < -0.39 is 6.10 Å². The lowest BCUT2D eigenvalue weighted by molar-refractivity contribution is -0.167. The van der Waals surface area contributed by atoms with Crippen LogP contribution in [0.2, 0.25) is 0 Å². The van der Waals surface area contributed by atoms with E-state index in [-0.39, 0.29) is 31.1 Å². The Morgan fingerprint density at radius 1 is 0.323 bits per heavy atom. The second kappa shape index (κ2) is 53.7. The van der Waals surface area contributed by atoms with Gasteiger partial charge in [0.2, 0.25) is 0 Å². The topological polar surface area (TPSA) is 78.9 Å². The molecule has 6 heteroatoms. The highest BCUT2D eigenvalue weighted by Crippen LogP contribution is 2.16. The molecule has 0 fully saturated rings. The van der Waals surface area contributed by atoms with Gasteiger partial charge in [0, 0.05) is 19.3 Å². The number of hydrogen-bond donors (Lipinski definition) is 0. The average Bonchev–Trinajstić information content (AvgIpc) is 3.30. The van der Waals surface area contributed by atoms with E-state index in [4.69, 9.17) is 14.2 Å². The summed E-state index contributed by atoms with van der Waals surface area (Å²) in [6.07, 6.45) is 66.8. The number of ether oxygens (including phenoxy) is 3. The van der Waals surface area contributed by atoms with Crippen molar-refractivity contribution in [1.82, 2.24) is 0 Å². The molecule has 0 aliphatic carbocycles. The van der Waals surface area contributed by atoms with Crippen LogP contribution in [-0.4, -0.2) is 37.2 Å². The van der Waals surface area contributed by atoms with Crippen LogP contribution < -0.4 is 0 Å². The summed E-state index contributed by atoms with van der Waals surface area (Å²) in [4.78, 5) is 37.8. The molecule has 0 amide bonds. The molecule has 0 saturated carbocycles. The SMILES string of the molecule is CC/C=C\C/C=C\C/C=C\C/C=C\C/C=C\CCCCCCCC(=O)OCC(COC(=O)CCCCCCC)OC(=O)CCCCCCCCCCCCCCCCCCCCCCC. The Balaban J connectivity index is 4.14. The molecular weight excluding hydrogens is 805 g/mol. The Morgan fingerprint density at radius 2 is 0.600 bits per heavy atom. The highest BCUT2D eigenvalue weighted by Gasteiger charge is 2.19. The maximum atomic E-state index is 12.8. The average molecular weight is 909 g/mol. The van der Waals surface area contributed by atoms with Crippen molar-refractivity contribution in [3.8, 4) is 0 Å². The number of hydrogen-bond acceptors (Lipinski definition) is 6. The molecule has 0 aromatic heterocycles. The van der Waals surface area contributed by atoms with Gasteiger partial charge in [0.15, 0.2) is 6.10 Å². The van der Waals surface area contributed by atoms with Gasteiger partial charge in [0.25, 0.3) is 0 Å². The maximum Gasteiger partial charge on any atom is 0.306 e. The molecular formula is C59H104O6. The van der Waals surface area contributed by atoms with Crippen molar-refractivity contribution < 1.29 is 28.6 Å². The van der Waals surface area contributed by atoms with Gasteiger partial charge in [-0.1, -0.05) is 255 Å². The number of carbonyl (C=O) groups is 3. The zero-order valence-corrected chi connectivity index (χ0v) is 43.0. The molecule has 0 rings (SSSR count). The number of allylic oxidation sites excluding steroid dienone is 10. The van der Waals surface area contributed by atoms with Gasteiger partial charge in [0.05, 0.1) is 0 Å². The number of carbonyl (C=O) groups excluding carboxylic acids is 3. The molecule has 0 heterocycles. The molecule has 0 aliphatic heterocycles. The van der Waals surface area contributed by atoms with Crippen molar-refractivity contribution >= 4 is 17.9 Å². The fourth-order valence-electron chi connectivity index (χ4n) is 7.88. The summed E-state index contributed by atoms with van der Waals surface area (Å²) in [5.41, 5.74) is 0. The predicted octanol–water partition coefficient (Wildman–Crippen LogP) is 18.4. The van der Waals surface area contributed by atoms with Crippen LogP contribution in [0.3, 0.4) is 0 Å². The Labute approximate surface area is 402 Å². The van der Waals surface area contributed by atoms with Crippen molar-refractivity contribution in [3.63, 3.8) is 0 Å². The molecule has 0 N–H and O–H groups in total. The Hall–Kier alpha value is -2.89. The van der Waals surface area contributed by atoms with Gasteiger partial charge in [-0.3, -0.25) is 14.4 Å². The highest BCUT2D eigenvalue weighted by molar-refractivity contribution is 5.71. The minimum Gasteiger partial charge on any atom is -0.462 e. The number of unbranched alkanes of at least 4 members (excludes halogenated alkanes) is 29. The Morgan fingerprint density at radius 3 is 0.938 bits per heavy atom. The lowest BCUT2D eigenvalue weighted by Crippen LogP contribution is -2.30. The first-order valence-electron chi connectivity index (χ1n) is 27.8. The molecule has 0 aromatic rings. The third-order valence-corrected chi connectivity index (χ3v) is 12.0. The third kappa shape index (κ3) is 51.9. The van der Waals surface area contributed by atoms with Gasteiger partial charge >= 0.3 is 17.9 Å². The van der Waals surface area contributed by atoms with Crippen LogP contribution in [0.5, 0.6) is 0 Å². The van der Waals surface area contributed by atoms with Crippen LogP contribution in [0.25, 0.3) is 0 Å². The first kappa shape index (κ1) is 62.1. The molecule has 0 spiro atoms. The lowest BCUT2D eigenvalue weighted by Gasteiger charge is -2.18. The summed E-state index contributed by atoms with van der Waals surface area (Å²) in [5.74, 6) is -0.903. The van der Waals surface area contributed by atoms with E-state index in [1.807, 2.05) is 0 Å². The van der Waals surface area contributed by atoms with Gasteiger partial charge in [-0.15, -0.1) is 0 Å². The van der Waals surface area contributed by atoms with Gasteiger partial charge in [0.1, 0.15) is 13.2 Å². The van der Waals surface area contributed by atoms with Gasteiger partial charge in [-0.2, -0.15) is 0 Å². The monoisotopic (exact) mass is 909 g/mol. The summed E-state index contributed by atoms with van der Waals surface area (Å²) < 4.78 is 16.7. The zero-order chi connectivity index (χ0) is 47.2. The quantitative estimate of drug-likeness (QED) is 0.0262. The van der Waals surface area contributed by atoms with E-state index in [1.54, 1.807) is 0 Å². The maximum absolute atomic E-state index is 12.8. The van der Waals surface area contributed by atoms with Gasteiger partial charge in [-0.25, -0.2) is 0 Å². The summed E-state index contributed by atoms with van der Waals surface area (Å²) in [7, 11) is 0. The van der Waals surface area contributed by atoms with Crippen LogP contribution in [0.15, 0.2) is 60.8 Å². The van der Waals surface area contributed by atoms with Gasteiger partial charge < -0.3 is 14.2 Å². The third-order valence-electron chi connectivity index (χ3n) is 12.0. The van der Waals surface area contributed by atoms with E-state index >= 15 is 0 Å². The molecule has 0 saturated heterocycles. The van der Waals surface area contributed by atoms with Crippen LogP contribution in [0.1, 0.15) is 278 Å². The number of esters is 3. The largest absolute Gasteiger partial charge is 0.462 e. The standard InChI is InChI=1S/C59H104O6/c1-4-7-10-13-15-17-19-21-23-25-27-29-31-33-35-37-39-41-43-46-49-52-58(61)64-55-56(54-63-57(60)51-48-45-12-9-6-3)65-59(62)53-50-47-44-42-40-38-36-34-32-30-28-26-24-22-20-18-16-14-11-8-5-2/h7,10,15,17,21,23,27,29,33,35,56H,4-6,8-9,11-14,16,18-20,22,24-26,28,30-32,34,36-55H2,1-3H3/b10-7-,17-15-,23-21-,29-27-,35-33-. The summed E-state index contributed by atoms with van der Waals surface area (Å²) in [6, 6.07) is 0. The second-order valence-corrected chi connectivity index (χ2v) is 18.5. The van der Waals surface area contributed by atoms with E-state index in [0.29, 0.717) is 19.3 Å². The Kier molecular flexibility index (Phi) is 51.3. The Bertz CT molecular complexity index is 1180. The lowest BCUT2D eigenvalue weighted by atomic mass is 10.0. The van der Waals surface area contributed by atoms with Crippen LogP contribution >= 0.6 is 0 Å². The van der Waals surface area contributed by atoms with E-state index in [0.717, 1.165) is 116 Å². The molecule has 0 bridgehead atoms.